The van der Waals surface area contributed by atoms with Crippen molar-refractivity contribution in [3.8, 4) is 28.4 Å². The first-order valence-corrected chi connectivity index (χ1v) is 19.4. The van der Waals surface area contributed by atoms with Gasteiger partial charge in [0.1, 0.15) is 0 Å². The predicted octanol–water partition coefficient (Wildman–Crippen LogP) is 11.6. The van der Waals surface area contributed by atoms with Crippen molar-refractivity contribution in [3.63, 3.8) is 0 Å². The van der Waals surface area contributed by atoms with Crippen LogP contribution in [-0.4, -0.2) is 18.7 Å². The van der Waals surface area contributed by atoms with Crippen LogP contribution in [0.4, 0.5) is 0 Å². The summed E-state index contributed by atoms with van der Waals surface area (Å²) in [6.07, 6.45) is 6.52. The fraction of sp³-hybridized carbons (Fsp3) is 0.217. The van der Waals surface area contributed by atoms with E-state index in [-0.39, 0.29) is 11.5 Å². The first-order valence-electron chi connectivity index (χ1n) is 18.3. The molecule has 0 bridgehead atoms. The van der Waals surface area contributed by atoms with Crippen molar-refractivity contribution in [2.45, 2.75) is 57.9 Å². The molecule has 0 aliphatic heterocycles. The van der Waals surface area contributed by atoms with Gasteiger partial charge in [0.25, 0.3) is 0 Å². The van der Waals surface area contributed by atoms with Crippen molar-refractivity contribution in [1.29, 1.82) is 0 Å². The molecule has 0 amide bonds. The van der Waals surface area contributed by atoms with E-state index in [1.54, 1.807) is 0 Å². The number of hydrogen-bond acceptors (Lipinski definition) is 2. The molecule has 0 N–H and O–H groups in total. The van der Waals surface area contributed by atoms with Gasteiger partial charge in [-0.2, -0.15) is 0 Å². The summed E-state index contributed by atoms with van der Waals surface area (Å²) in [6.45, 7) is 6.75. The number of ether oxygens (including phenoxy) is 1. The summed E-state index contributed by atoms with van der Waals surface area (Å²) in [5.74, 6) is 2.58. The fourth-order valence-electron chi connectivity index (χ4n) is 8.10. The standard InChI is InChI=1S/C46H42N4O.Pt/c1-46(2,3)34-24-25-47-45(27-34)50-41-23-19-33(31-12-6-5-7-13-31)26-39(41)37-22-21-36(29-44(37)50)51-35-20-18-32-14-8-9-15-40(38(32)28-35)49-30-48(4)42-16-10-11-17-43(42)49;/h5-7,10-13,16-29,40H,8-9,14-15H2,1-4H3;. The van der Waals surface area contributed by atoms with Crippen LogP contribution in [0.15, 0.2) is 128 Å². The van der Waals surface area contributed by atoms with Gasteiger partial charge in [-0.1, -0.05) is 57.2 Å². The van der Waals surface area contributed by atoms with Crippen LogP contribution in [0.5, 0.6) is 11.5 Å². The van der Waals surface area contributed by atoms with E-state index in [9.17, 15) is 0 Å². The molecule has 3 heterocycles. The van der Waals surface area contributed by atoms with Crippen LogP contribution in [0.2, 0.25) is 0 Å². The van der Waals surface area contributed by atoms with Gasteiger partial charge in [0.2, 0.25) is 0 Å². The second-order valence-electron chi connectivity index (χ2n) is 15.1. The van der Waals surface area contributed by atoms with E-state index < -0.39 is 0 Å². The summed E-state index contributed by atoms with van der Waals surface area (Å²) in [4.78, 5) is 4.93. The van der Waals surface area contributed by atoms with E-state index in [2.05, 4.69) is 182 Å². The van der Waals surface area contributed by atoms with Crippen LogP contribution in [0.25, 0.3) is 49.8 Å². The van der Waals surface area contributed by atoms with Crippen LogP contribution in [0.1, 0.15) is 62.8 Å². The van der Waals surface area contributed by atoms with Crippen LogP contribution in [0.3, 0.4) is 0 Å². The minimum atomic E-state index is -0.00316. The van der Waals surface area contributed by atoms with E-state index in [4.69, 9.17) is 9.72 Å². The van der Waals surface area contributed by atoms with E-state index >= 15 is 0 Å². The number of rotatable bonds is 5. The Morgan fingerprint density at radius 3 is 2.29 bits per heavy atom. The molecule has 6 heteroatoms. The van der Waals surface area contributed by atoms with Gasteiger partial charge in [0, 0.05) is 6.20 Å². The topological polar surface area (TPSA) is 36.9 Å². The SMILES string of the molecule is Cn1[c](=[Pt])n(C2CCCCc3ccc(Oc4ccc5c6cc(-c7ccccc7)ccc6n(-c6cc(C(C)(C)C)ccn6)c5c4)cc32)c2ccccc21. The number of benzene rings is 5. The number of aromatic nitrogens is 4. The number of pyridine rings is 1. The zero-order valence-electron chi connectivity index (χ0n) is 30.0. The Hall–Kier alpha value is -4.99. The monoisotopic (exact) mass is 861 g/mol. The van der Waals surface area contributed by atoms with Crippen LogP contribution in [-0.2, 0) is 38.2 Å². The van der Waals surface area contributed by atoms with E-state index in [1.807, 2.05) is 6.20 Å². The summed E-state index contributed by atoms with van der Waals surface area (Å²) >= 11 is 2.50. The molecule has 5 aromatic carbocycles. The molecule has 9 rings (SSSR count). The van der Waals surface area contributed by atoms with Gasteiger partial charge in [0.05, 0.1) is 0 Å². The van der Waals surface area contributed by atoms with Gasteiger partial charge < -0.3 is 0 Å². The van der Waals surface area contributed by atoms with Crippen molar-refractivity contribution < 1.29 is 24.1 Å². The molecule has 1 aliphatic rings. The summed E-state index contributed by atoms with van der Waals surface area (Å²) < 4.78 is 15.2. The maximum absolute atomic E-state index is 6.81. The summed E-state index contributed by atoms with van der Waals surface area (Å²) in [6, 6.07) is 44.0. The van der Waals surface area contributed by atoms with Crippen LogP contribution >= 0.6 is 0 Å². The van der Waals surface area contributed by atoms with E-state index in [0.717, 1.165) is 41.2 Å². The average molecular weight is 862 g/mol. The van der Waals surface area contributed by atoms with Crippen molar-refractivity contribution in [2.24, 2.45) is 7.05 Å². The molecular weight excluding hydrogens is 820 g/mol. The van der Waals surface area contributed by atoms with Gasteiger partial charge in [-0.25, -0.2) is 4.98 Å². The van der Waals surface area contributed by atoms with Gasteiger partial charge in [-0.05, 0) is 46.4 Å². The molecule has 3 aromatic heterocycles. The first-order chi connectivity index (χ1) is 25.2. The van der Waals surface area contributed by atoms with Crippen LogP contribution < -0.4 is 4.74 Å². The molecule has 0 saturated carbocycles. The van der Waals surface area contributed by atoms with Crippen molar-refractivity contribution in [3.05, 3.63) is 148 Å². The molecule has 262 valence electrons. The Bertz CT molecular complexity index is 2690. The molecule has 0 fully saturated rings. The fourth-order valence-corrected chi connectivity index (χ4v) is 9.00. The van der Waals surface area contributed by atoms with Crippen molar-refractivity contribution in [1.82, 2.24) is 18.7 Å². The molecule has 0 radical (unpaired) electrons. The van der Waals surface area contributed by atoms with E-state index in [0.29, 0.717) is 0 Å². The number of para-hydroxylation sites is 2. The third kappa shape index (κ3) is 5.67. The Balaban J connectivity index is 1.17. The Morgan fingerprint density at radius 1 is 0.692 bits per heavy atom. The molecule has 1 unspecified atom stereocenters. The minimum absolute atomic E-state index is 0.00316. The third-order valence-corrected chi connectivity index (χ3v) is 12.1. The number of nitrogens with zero attached hydrogens (tertiary/aromatic N) is 4. The quantitative estimate of drug-likeness (QED) is 0.162. The zero-order valence-corrected chi connectivity index (χ0v) is 32.3. The zero-order chi connectivity index (χ0) is 35.6. The molecule has 1 atom stereocenters. The Kier molecular flexibility index (Phi) is 8.16. The number of fused-ring (bicyclic) bond motifs is 5. The summed E-state index contributed by atoms with van der Waals surface area (Å²) in [5, 5.41) is 2.37. The number of imidazole rings is 1. The molecule has 0 saturated heterocycles. The number of aryl methyl sites for hydroxylation is 2. The van der Waals surface area contributed by atoms with Crippen molar-refractivity contribution >= 4 is 32.8 Å². The normalized spacial score (nSPS) is 14.9. The second-order valence-corrected chi connectivity index (χ2v) is 16.2. The van der Waals surface area contributed by atoms with Gasteiger partial charge in [-0.15, -0.1) is 0 Å². The number of hydrogen-bond donors (Lipinski definition) is 0. The molecule has 1 aliphatic carbocycles. The van der Waals surface area contributed by atoms with Gasteiger partial charge >= 0.3 is 202 Å². The maximum atomic E-state index is 6.81. The van der Waals surface area contributed by atoms with E-state index in [1.165, 1.54) is 66.3 Å². The van der Waals surface area contributed by atoms with Crippen molar-refractivity contribution in [2.75, 3.05) is 0 Å². The molecular formula is C46H42N4OPt. The first kappa shape index (κ1) is 32.9. The Labute approximate surface area is 315 Å². The van der Waals surface area contributed by atoms with Crippen LogP contribution in [0, 0.1) is 3.80 Å². The predicted molar refractivity (Wildman–Crippen MR) is 209 cm³/mol. The van der Waals surface area contributed by atoms with Gasteiger partial charge in [-0.3, -0.25) is 0 Å². The molecule has 5 nitrogen and oxygen atoms in total. The summed E-state index contributed by atoms with van der Waals surface area (Å²) in [5.41, 5.74) is 11.2. The summed E-state index contributed by atoms with van der Waals surface area (Å²) in [7, 11) is 2.17. The average Bonchev–Trinajstić information content (AvgIpc) is 3.51. The molecule has 8 aromatic rings. The third-order valence-electron chi connectivity index (χ3n) is 10.8. The van der Waals surface area contributed by atoms with Gasteiger partial charge in [0.15, 0.2) is 0 Å². The molecule has 0 spiro atoms. The molecule has 52 heavy (non-hydrogen) atoms. The Morgan fingerprint density at radius 2 is 1.46 bits per heavy atom. The second kappa shape index (κ2) is 12.9.